The van der Waals surface area contributed by atoms with Gasteiger partial charge in [-0.05, 0) is 19.2 Å². The highest BCUT2D eigenvalue weighted by molar-refractivity contribution is 7.66. The van der Waals surface area contributed by atoms with E-state index >= 15 is 0 Å². The van der Waals surface area contributed by atoms with Crippen molar-refractivity contribution >= 4 is 13.5 Å². The molecule has 3 heteroatoms. The molecule has 1 aliphatic carbocycles. The normalized spacial score (nSPS) is 16.0. The third kappa shape index (κ3) is 3.23. The van der Waals surface area contributed by atoms with E-state index in [0.717, 1.165) is 0 Å². The Morgan fingerprint density at radius 1 is 1.05 bits per heavy atom. The number of hydrogen-bond acceptors (Lipinski definition) is 1. The summed E-state index contributed by atoms with van der Waals surface area (Å²) in [5.41, 5.74) is 5.35. The van der Waals surface area contributed by atoms with Crippen molar-refractivity contribution in [1.29, 1.82) is 0 Å². The van der Waals surface area contributed by atoms with Crippen LogP contribution in [0.25, 0.3) is 0 Å². The molecule has 0 amide bonds. The molecule has 1 aromatic rings. The summed E-state index contributed by atoms with van der Waals surface area (Å²) >= 11 is 0. The van der Waals surface area contributed by atoms with Gasteiger partial charge in [-0.25, -0.2) is 4.98 Å². The van der Waals surface area contributed by atoms with Gasteiger partial charge in [0.2, 0.25) is 0 Å². The molecule has 1 aliphatic rings. The number of rotatable bonds is 4. The van der Waals surface area contributed by atoms with E-state index in [-0.39, 0.29) is 13.3 Å². The van der Waals surface area contributed by atoms with Crippen LogP contribution in [0.5, 0.6) is 0 Å². The first-order chi connectivity index (χ1) is 10.1. The maximum atomic E-state index is 5.19. The van der Waals surface area contributed by atoms with E-state index < -0.39 is 0 Å². The lowest BCUT2D eigenvalue weighted by atomic mass is 9.87. The Morgan fingerprint density at radius 3 is 1.95 bits per heavy atom. The lowest BCUT2D eigenvalue weighted by Crippen LogP contribution is -2.24. The first kappa shape index (κ1) is 17.5. The quantitative estimate of drug-likeness (QED) is 0.726. The SMILES string of the molecule is CC(C)P(c1nc(C(C)(C)C)c(C2C=CC=C2)n1C)C(C)C. The zero-order chi connectivity index (χ0) is 16.7. The zero-order valence-electron chi connectivity index (χ0n) is 15.4. The molecule has 122 valence electrons. The largest absolute Gasteiger partial charge is 0.330 e. The summed E-state index contributed by atoms with van der Waals surface area (Å²) in [7, 11) is 1.97. The third-order valence-corrected chi connectivity index (χ3v) is 7.32. The molecule has 0 radical (unpaired) electrons. The number of aromatic nitrogens is 2. The Balaban J connectivity index is 2.63. The van der Waals surface area contributed by atoms with Crippen molar-refractivity contribution in [2.24, 2.45) is 7.05 Å². The highest BCUT2D eigenvalue weighted by Gasteiger charge is 2.32. The summed E-state index contributed by atoms with van der Waals surface area (Å²) in [5, 5.41) is 0. The van der Waals surface area contributed by atoms with Gasteiger partial charge in [0.1, 0.15) is 5.57 Å². The van der Waals surface area contributed by atoms with Crippen LogP contribution in [0.1, 0.15) is 65.8 Å². The van der Waals surface area contributed by atoms with Crippen molar-refractivity contribution in [2.75, 3.05) is 0 Å². The Morgan fingerprint density at radius 2 is 1.55 bits per heavy atom. The number of allylic oxidation sites excluding steroid dienone is 4. The predicted molar refractivity (Wildman–Crippen MR) is 99.8 cm³/mol. The summed E-state index contributed by atoms with van der Waals surface area (Å²) in [6.07, 6.45) is 8.86. The fraction of sp³-hybridized carbons (Fsp3) is 0.632. The fourth-order valence-corrected chi connectivity index (χ4v) is 6.12. The van der Waals surface area contributed by atoms with Gasteiger partial charge >= 0.3 is 0 Å². The smallest absolute Gasteiger partial charge is 0.132 e. The standard InChI is InChI=1S/C19H31N2P/c1-13(2)22(14(3)4)18-20-17(19(5,6)7)16(21(18)8)15-11-9-10-12-15/h9-15H,1-8H3. The second kappa shape index (κ2) is 6.32. The minimum absolute atomic E-state index is 0.0740. The van der Waals surface area contributed by atoms with E-state index in [2.05, 4.69) is 84.4 Å². The average molecular weight is 318 g/mol. The van der Waals surface area contributed by atoms with Crippen LogP contribution < -0.4 is 5.57 Å². The molecule has 0 N–H and O–H groups in total. The van der Waals surface area contributed by atoms with Gasteiger partial charge in [-0.15, -0.1) is 0 Å². The molecule has 0 aromatic carbocycles. The monoisotopic (exact) mass is 318 g/mol. The molecule has 0 saturated carbocycles. The molecule has 0 aliphatic heterocycles. The highest BCUT2D eigenvalue weighted by Crippen LogP contribution is 2.46. The first-order valence-corrected chi connectivity index (χ1v) is 9.83. The van der Waals surface area contributed by atoms with E-state index in [4.69, 9.17) is 4.98 Å². The molecule has 0 fully saturated rings. The Labute approximate surface area is 137 Å². The van der Waals surface area contributed by atoms with Crippen LogP contribution in [0.2, 0.25) is 0 Å². The molecule has 0 bridgehead atoms. The van der Waals surface area contributed by atoms with Gasteiger partial charge in [0.25, 0.3) is 0 Å². The molecule has 2 rings (SSSR count). The van der Waals surface area contributed by atoms with Gasteiger partial charge in [-0.2, -0.15) is 0 Å². The van der Waals surface area contributed by atoms with E-state index in [1.807, 2.05) is 0 Å². The zero-order valence-corrected chi connectivity index (χ0v) is 16.3. The minimum atomic E-state index is -0.248. The van der Waals surface area contributed by atoms with Crippen molar-refractivity contribution in [3.8, 4) is 0 Å². The fourth-order valence-electron chi connectivity index (χ4n) is 3.34. The van der Waals surface area contributed by atoms with Crippen LogP contribution in [0.4, 0.5) is 0 Å². The molecule has 0 saturated heterocycles. The number of hydrogen-bond donors (Lipinski definition) is 0. The van der Waals surface area contributed by atoms with Crippen LogP contribution in [0.3, 0.4) is 0 Å². The maximum Gasteiger partial charge on any atom is 0.132 e. The van der Waals surface area contributed by atoms with Crippen LogP contribution in [-0.4, -0.2) is 20.9 Å². The molecule has 0 unspecified atom stereocenters. The topological polar surface area (TPSA) is 17.8 Å². The van der Waals surface area contributed by atoms with Gasteiger partial charge in [0.15, 0.2) is 0 Å². The molecule has 1 heterocycles. The Hall–Kier alpha value is -0.880. The Bertz CT molecular complexity index is 565. The van der Waals surface area contributed by atoms with Gasteiger partial charge in [-0.3, -0.25) is 0 Å². The Kier molecular flexibility index (Phi) is 5.02. The second-order valence-corrected chi connectivity index (χ2v) is 11.1. The van der Waals surface area contributed by atoms with Gasteiger partial charge in [0, 0.05) is 18.4 Å². The number of nitrogens with zero attached hydrogens (tertiary/aromatic N) is 2. The van der Waals surface area contributed by atoms with E-state index in [9.17, 15) is 0 Å². The molecule has 0 atom stereocenters. The number of imidazole rings is 1. The van der Waals surface area contributed by atoms with Crippen molar-refractivity contribution in [1.82, 2.24) is 9.55 Å². The minimum Gasteiger partial charge on any atom is -0.330 e. The molecule has 22 heavy (non-hydrogen) atoms. The molecule has 2 nitrogen and oxygen atoms in total. The summed E-state index contributed by atoms with van der Waals surface area (Å²) in [6, 6.07) is 0. The molecule has 1 aromatic heterocycles. The maximum absolute atomic E-state index is 5.19. The van der Waals surface area contributed by atoms with Crippen LogP contribution in [-0.2, 0) is 12.5 Å². The third-order valence-electron chi connectivity index (χ3n) is 4.23. The summed E-state index contributed by atoms with van der Waals surface area (Å²) in [4.78, 5) is 5.19. The van der Waals surface area contributed by atoms with Crippen molar-refractivity contribution in [3.05, 3.63) is 35.7 Å². The van der Waals surface area contributed by atoms with Gasteiger partial charge in [0.05, 0.1) is 11.4 Å². The average Bonchev–Trinajstić information content (AvgIpc) is 2.96. The molecular formula is C19H31N2P. The lowest BCUT2D eigenvalue weighted by molar-refractivity contribution is 0.561. The van der Waals surface area contributed by atoms with E-state index in [0.29, 0.717) is 17.2 Å². The van der Waals surface area contributed by atoms with Gasteiger partial charge < -0.3 is 4.57 Å². The van der Waals surface area contributed by atoms with Crippen LogP contribution >= 0.6 is 7.92 Å². The van der Waals surface area contributed by atoms with Gasteiger partial charge in [-0.1, -0.05) is 72.8 Å². The van der Waals surface area contributed by atoms with Crippen LogP contribution in [0, 0.1) is 0 Å². The predicted octanol–water partition coefficient (Wildman–Crippen LogP) is 4.85. The summed E-state index contributed by atoms with van der Waals surface area (Å²) in [6.45, 7) is 16.2. The van der Waals surface area contributed by atoms with Crippen molar-refractivity contribution in [3.63, 3.8) is 0 Å². The summed E-state index contributed by atoms with van der Waals surface area (Å²) < 4.78 is 2.40. The van der Waals surface area contributed by atoms with Crippen molar-refractivity contribution in [2.45, 2.75) is 71.1 Å². The summed E-state index contributed by atoms with van der Waals surface area (Å²) in [5.74, 6) is 0.372. The van der Waals surface area contributed by atoms with E-state index in [1.54, 1.807) is 0 Å². The van der Waals surface area contributed by atoms with E-state index in [1.165, 1.54) is 17.0 Å². The molecule has 0 spiro atoms. The highest BCUT2D eigenvalue weighted by atomic mass is 31.1. The van der Waals surface area contributed by atoms with Crippen molar-refractivity contribution < 1.29 is 0 Å². The van der Waals surface area contributed by atoms with Crippen LogP contribution in [0.15, 0.2) is 24.3 Å². The lowest BCUT2D eigenvalue weighted by Gasteiger charge is -2.25. The first-order valence-electron chi connectivity index (χ1n) is 8.35. The second-order valence-electron chi connectivity index (χ2n) is 7.85. The molecular weight excluding hydrogens is 287 g/mol.